The molecule has 8 heteroatoms. The highest BCUT2D eigenvalue weighted by Gasteiger charge is 2.30. The van der Waals surface area contributed by atoms with Crippen molar-refractivity contribution in [2.24, 2.45) is 0 Å². The lowest BCUT2D eigenvalue weighted by atomic mass is 10.2. The average Bonchev–Trinajstić information content (AvgIpc) is 3.26. The van der Waals surface area contributed by atoms with Crippen LogP contribution in [0.5, 0.6) is 0 Å². The summed E-state index contributed by atoms with van der Waals surface area (Å²) in [6.45, 7) is 8.76. The summed E-state index contributed by atoms with van der Waals surface area (Å²) in [4.78, 5) is 26.2. The lowest BCUT2D eigenvalue weighted by molar-refractivity contribution is -0.131. The van der Waals surface area contributed by atoms with Gasteiger partial charge in [0.2, 0.25) is 11.8 Å². The van der Waals surface area contributed by atoms with Crippen molar-refractivity contribution < 1.29 is 9.32 Å². The van der Waals surface area contributed by atoms with Crippen LogP contribution in [0.15, 0.2) is 10.7 Å². The number of hydrogen-bond acceptors (Lipinski definition) is 7. The van der Waals surface area contributed by atoms with Crippen molar-refractivity contribution in [1.82, 2.24) is 24.9 Å². The van der Waals surface area contributed by atoms with E-state index in [1.54, 1.807) is 18.3 Å². The molecular weight excluding hydrogens is 326 g/mol. The Morgan fingerprint density at radius 2 is 2.38 bits per heavy atom. The molecule has 2 aromatic heterocycles. The highest BCUT2D eigenvalue weighted by molar-refractivity contribution is 7.11. The molecule has 0 aromatic carbocycles. The van der Waals surface area contributed by atoms with Crippen molar-refractivity contribution in [2.45, 2.75) is 52.7 Å². The van der Waals surface area contributed by atoms with Crippen molar-refractivity contribution in [1.29, 1.82) is 0 Å². The Morgan fingerprint density at radius 1 is 1.54 bits per heavy atom. The number of amides is 1. The first-order valence-corrected chi connectivity index (χ1v) is 9.09. The van der Waals surface area contributed by atoms with Gasteiger partial charge < -0.3 is 9.42 Å². The number of hydrogen-bond donors (Lipinski definition) is 0. The summed E-state index contributed by atoms with van der Waals surface area (Å²) in [5.74, 6) is 1.25. The third kappa shape index (κ3) is 3.99. The molecule has 0 bridgehead atoms. The van der Waals surface area contributed by atoms with Crippen LogP contribution < -0.4 is 0 Å². The van der Waals surface area contributed by atoms with Crippen LogP contribution in [0, 0.1) is 6.92 Å². The molecule has 0 saturated carbocycles. The van der Waals surface area contributed by atoms with E-state index < -0.39 is 0 Å². The van der Waals surface area contributed by atoms with Crippen LogP contribution in [0.4, 0.5) is 0 Å². The molecule has 1 unspecified atom stereocenters. The number of carbonyl (C=O) groups is 1. The normalized spacial score (nSPS) is 18.2. The van der Waals surface area contributed by atoms with E-state index in [1.807, 2.05) is 24.9 Å². The van der Waals surface area contributed by atoms with Gasteiger partial charge in [0, 0.05) is 50.1 Å². The molecule has 1 fully saturated rings. The van der Waals surface area contributed by atoms with Crippen LogP contribution in [0.25, 0.3) is 0 Å². The van der Waals surface area contributed by atoms with Gasteiger partial charge in [0.25, 0.3) is 0 Å². The van der Waals surface area contributed by atoms with Crippen LogP contribution in [-0.4, -0.2) is 50.0 Å². The first-order valence-electron chi connectivity index (χ1n) is 8.27. The van der Waals surface area contributed by atoms with Crippen LogP contribution in [0.2, 0.25) is 0 Å². The maximum Gasteiger partial charge on any atom is 0.226 e. The van der Waals surface area contributed by atoms with Gasteiger partial charge in [-0.25, -0.2) is 4.98 Å². The van der Waals surface area contributed by atoms with E-state index in [0.717, 1.165) is 31.1 Å². The van der Waals surface area contributed by atoms with Gasteiger partial charge in [-0.3, -0.25) is 9.69 Å². The van der Waals surface area contributed by atoms with Crippen molar-refractivity contribution in [3.05, 3.63) is 27.8 Å². The maximum atomic E-state index is 12.1. The molecule has 24 heavy (non-hydrogen) atoms. The Labute approximate surface area is 145 Å². The fourth-order valence-corrected chi connectivity index (χ4v) is 3.89. The Hall–Kier alpha value is -1.80. The van der Waals surface area contributed by atoms with Gasteiger partial charge in [-0.2, -0.15) is 4.98 Å². The molecule has 1 amide bonds. The molecule has 0 radical (unpaired) electrons. The molecule has 1 aliphatic rings. The van der Waals surface area contributed by atoms with Crippen LogP contribution in [0.1, 0.15) is 41.9 Å². The van der Waals surface area contributed by atoms with Crippen molar-refractivity contribution >= 4 is 17.2 Å². The number of rotatable bonds is 6. The van der Waals surface area contributed by atoms with E-state index in [0.29, 0.717) is 24.7 Å². The second-order valence-electron chi connectivity index (χ2n) is 6.13. The van der Waals surface area contributed by atoms with E-state index in [2.05, 4.69) is 20.0 Å². The molecule has 2 aromatic rings. The van der Waals surface area contributed by atoms with E-state index in [9.17, 15) is 4.79 Å². The molecule has 7 nitrogen and oxygen atoms in total. The summed E-state index contributed by atoms with van der Waals surface area (Å²) in [6, 6.07) is 0.195. The first kappa shape index (κ1) is 17.0. The summed E-state index contributed by atoms with van der Waals surface area (Å²) in [5.41, 5.74) is 0. The van der Waals surface area contributed by atoms with Crippen LogP contribution >= 0.6 is 11.3 Å². The minimum absolute atomic E-state index is 0.0540. The fraction of sp³-hybridized carbons (Fsp3) is 0.625. The van der Waals surface area contributed by atoms with Crippen molar-refractivity contribution in [3.8, 4) is 0 Å². The van der Waals surface area contributed by atoms with Crippen LogP contribution in [-0.2, 0) is 24.3 Å². The Bertz CT molecular complexity index is 698. The molecule has 130 valence electrons. The lowest BCUT2D eigenvalue weighted by Gasteiger charge is -2.26. The number of carbonyl (C=O) groups excluding carboxylic acids is 1. The molecule has 0 N–H and O–H groups in total. The zero-order valence-electron chi connectivity index (χ0n) is 14.4. The standard InChI is InChI=1S/C16H23N5O2S/c1-4-16-18-15(19-23-16)10-21(12(3)22)13-5-6-20(8-13)9-14-7-17-11(2)24-14/h7,13H,4-6,8-10H2,1-3H3. The zero-order valence-corrected chi connectivity index (χ0v) is 15.2. The molecule has 1 atom stereocenters. The number of thiazole rings is 1. The summed E-state index contributed by atoms with van der Waals surface area (Å²) >= 11 is 1.73. The topological polar surface area (TPSA) is 75.4 Å². The van der Waals surface area contributed by atoms with E-state index >= 15 is 0 Å². The Morgan fingerprint density at radius 3 is 3.00 bits per heavy atom. The summed E-state index contributed by atoms with van der Waals surface area (Å²) in [5, 5.41) is 5.06. The van der Waals surface area contributed by atoms with E-state index in [4.69, 9.17) is 4.52 Å². The van der Waals surface area contributed by atoms with E-state index in [1.165, 1.54) is 4.88 Å². The fourth-order valence-electron chi connectivity index (χ4n) is 3.06. The number of aryl methyl sites for hydroxylation is 2. The number of aromatic nitrogens is 3. The highest BCUT2D eigenvalue weighted by atomic mass is 32.1. The van der Waals surface area contributed by atoms with Crippen molar-refractivity contribution in [3.63, 3.8) is 0 Å². The minimum atomic E-state index is 0.0540. The number of likely N-dealkylation sites (tertiary alicyclic amines) is 1. The molecular formula is C16H23N5O2S. The molecule has 3 heterocycles. The van der Waals surface area contributed by atoms with E-state index in [-0.39, 0.29) is 11.9 Å². The maximum absolute atomic E-state index is 12.1. The molecule has 3 rings (SSSR count). The number of nitrogens with zero attached hydrogens (tertiary/aromatic N) is 5. The Kier molecular flexibility index (Phi) is 5.25. The van der Waals surface area contributed by atoms with Gasteiger partial charge in [0.1, 0.15) is 0 Å². The zero-order chi connectivity index (χ0) is 17.1. The predicted molar refractivity (Wildman–Crippen MR) is 90.4 cm³/mol. The van der Waals surface area contributed by atoms with Gasteiger partial charge in [-0.15, -0.1) is 11.3 Å². The molecule has 0 aliphatic carbocycles. The van der Waals surface area contributed by atoms with Crippen LogP contribution in [0.3, 0.4) is 0 Å². The largest absolute Gasteiger partial charge is 0.339 e. The van der Waals surface area contributed by atoms with Gasteiger partial charge in [0.15, 0.2) is 5.82 Å². The summed E-state index contributed by atoms with van der Waals surface area (Å²) in [7, 11) is 0. The first-order chi connectivity index (χ1) is 11.5. The minimum Gasteiger partial charge on any atom is -0.339 e. The van der Waals surface area contributed by atoms with Gasteiger partial charge in [0.05, 0.1) is 11.6 Å². The quantitative estimate of drug-likeness (QED) is 0.794. The monoisotopic (exact) mass is 349 g/mol. The van der Waals surface area contributed by atoms with Gasteiger partial charge >= 0.3 is 0 Å². The molecule has 0 spiro atoms. The lowest BCUT2D eigenvalue weighted by Crippen LogP contribution is -2.40. The second-order valence-corrected chi connectivity index (χ2v) is 7.45. The third-order valence-electron chi connectivity index (χ3n) is 4.27. The third-order valence-corrected chi connectivity index (χ3v) is 5.16. The van der Waals surface area contributed by atoms with Gasteiger partial charge in [-0.1, -0.05) is 12.1 Å². The summed E-state index contributed by atoms with van der Waals surface area (Å²) < 4.78 is 5.14. The summed E-state index contributed by atoms with van der Waals surface area (Å²) in [6.07, 6.45) is 3.62. The average molecular weight is 349 g/mol. The second kappa shape index (κ2) is 7.40. The van der Waals surface area contributed by atoms with Gasteiger partial charge in [-0.05, 0) is 13.3 Å². The molecule has 1 saturated heterocycles. The SMILES string of the molecule is CCc1nc(CN(C(C)=O)C2CCN(Cc3cnc(C)s3)C2)no1. The Balaban J connectivity index is 1.61. The van der Waals surface area contributed by atoms with Crippen molar-refractivity contribution in [2.75, 3.05) is 13.1 Å². The highest BCUT2D eigenvalue weighted by Crippen LogP contribution is 2.22. The smallest absolute Gasteiger partial charge is 0.226 e. The predicted octanol–water partition coefficient (Wildman–Crippen LogP) is 2.02. The molecule has 1 aliphatic heterocycles.